The summed E-state index contributed by atoms with van der Waals surface area (Å²) in [5.74, 6) is 0.794. The molecule has 66 valence electrons. The number of hydrogen-bond donors (Lipinski definition) is 0. The highest BCUT2D eigenvalue weighted by atomic mass is 35.5. The first-order valence-corrected chi connectivity index (χ1v) is 4.28. The Bertz CT molecular complexity index is 389. The summed E-state index contributed by atoms with van der Waals surface area (Å²) in [5, 5.41) is 0.281. The van der Waals surface area contributed by atoms with Gasteiger partial charge in [-0.15, -0.1) is 0 Å². The van der Waals surface area contributed by atoms with E-state index in [9.17, 15) is 0 Å². The van der Waals surface area contributed by atoms with Crippen LogP contribution in [0.3, 0.4) is 0 Å². The molecule has 0 atom stereocenters. The van der Waals surface area contributed by atoms with Crippen LogP contribution in [0.1, 0.15) is 5.69 Å². The van der Waals surface area contributed by atoms with Crippen molar-refractivity contribution in [3.63, 3.8) is 0 Å². The minimum atomic E-state index is 0.281. The van der Waals surface area contributed by atoms with E-state index in [4.69, 9.17) is 11.6 Å². The van der Waals surface area contributed by atoms with E-state index in [2.05, 4.69) is 9.97 Å². The Balaban J connectivity index is 2.53. The first-order valence-electron chi connectivity index (χ1n) is 3.90. The van der Waals surface area contributed by atoms with E-state index in [0.717, 1.165) is 11.5 Å². The maximum Gasteiger partial charge on any atom is 0.224 e. The summed E-state index contributed by atoms with van der Waals surface area (Å²) in [4.78, 5) is 8.08. The zero-order valence-electron chi connectivity index (χ0n) is 7.11. The molecule has 0 aliphatic rings. The molecule has 2 rings (SSSR count). The molecule has 0 amide bonds. The van der Waals surface area contributed by atoms with Crippen LogP contribution in [0.5, 0.6) is 0 Å². The Morgan fingerprint density at radius 3 is 2.54 bits per heavy atom. The maximum atomic E-state index is 5.73. The minimum absolute atomic E-state index is 0.281. The summed E-state index contributed by atoms with van der Waals surface area (Å²) in [7, 11) is 0. The molecule has 0 unspecified atom stereocenters. The lowest BCUT2D eigenvalue weighted by atomic mass is 10.4. The van der Waals surface area contributed by atoms with Crippen LogP contribution in [0.25, 0.3) is 5.82 Å². The van der Waals surface area contributed by atoms with Crippen molar-refractivity contribution in [2.45, 2.75) is 6.92 Å². The lowest BCUT2D eigenvalue weighted by Crippen LogP contribution is -1.97. The average molecular weight is 194 g/mol. The SMILES string of the molecule is Cc1cc(-n2cccc2)nc(Cl)n1. The van der Waals surface area contributed by atoms with Crippen molar-refractivity contribution in [1.29, 1.82) is 0 Å². The molecular weight excluding hydrogens is 186 g/mol. The Morgan fingerprint density at radius 1 is 1.23 bits per heavy atom. The fraction of sp³-hybridized carbons (Fsp3) is 0.111. The monoisotopic (exact) mass is 193 g/mol. The zero-order valence-corrected chi connectivity index (χ0v) is 7.86. The lowest BCUT2D eigenvalue weighted by Gasteiger charge is -2.02. The summed E-state index contributed by atoms with van der Waals surface area (Å²) in [6.07, 6.45) is 3.83. The molecule has 0 fully saturated rings. The van der Waals surface area contributed by atoms with Crippen LogP contribution < -0.4 is 0 Å². The molecule has 2 heterocycles. The third kappa shape index (κ3) is 1.70. The smallest absolute Gasteiger partial charge is 0.224 e. The van der Waals surface area contributed by atoms with Crippen LogP contribution in [0.15, 0.2) is 30.6 Å². The number of hydrogen-bond acceptors (Lipinski definition) is 2. The van der Waals surface area contributed by atoms with Crippen LogP contribution in [-0.2, 0) is 0 Å². The largest absolute Gasteiger partial charge is 0.309 e. The van der Waals surface area contributed by atoms with Crippen LogP contribution in [-0.4, -0.2) is 14.5 Å². The van der Waals surface area contributed by atoms with E-state index in [1.165, 1.54) is 0 Å². The van der Waals surface area contributed by atoms with Crippen LogP contribution in [0.2, 0.25) is 5.28 Å². The first-order chi connectivity index (χ1) is 6.25. The van der Waals surface area contributed by atoms with Crippen molar-refractivity contribution in [3.8, 4) is 5.82 Å². The van der Waals surface area contributed by atoms with Crippen molar-refractivity contribution in [2.75, 3.05) is 0 Å². The molecule has 0 aliphatic heterocycles. The molecule has 0 N–H and O–H groups in total. The van der Waals surface area contributed by atoms with Crippen molar-refractivity contribution >= 4 is 11.6 Å². The molecule has 0 saturated heterocycles. The normalized spacial score (nSPS) is 10.3. The number of rotatable bonds is 1. The highest BCUT2D eigenvalue weighted by Crippen LogP contribution is 2.09. The highest BCUT2D eigenvalue weighted by Gasteiger charge is 2.00. The predicted molar refractivity (Wildman–Crippen MR) is 51.1 cm³/mol. The maximum absolute atomic E-state index is 5.73. The Kier molecular flexibility index (Phi) is 2.02. The van der Waals surface area contributed by atoms with Gasteiger partial charge in [-0.1, -0.05) is 0 Å². The molecule has 2 aromatic rings. The Hall–Kier alpha value is -1.35. The summed E-state index contributed by atoms with van der Waals surface area (Å²) in [6.45, 7) is 1.89. The number of aryl methyl sites for hydroxylation is 1. The van der Waals surface area contributed by atoms with Crippen LogP contribution in [0, 0.1) is 6.92 Å². The molecule has 0 saturated carbocycles. The Morgan fingerprint density at radius 2 is 1.92 bits per heavy atom. The van der Waals surface area contributed by atoms with Gasteiger partial charge < -0.3 is 4.57 Å². The summed E-state index contributed by atoms with van der Waals surface area (Å²) in [5.41, 5.74) is 0.865. The quantitative estimate of drug-likeness (QED) is 0.651. The van der Waals surface area contributed by atoms with Gasteiger partial charge in [-0.2, -0.15) is 4.98 Å². The van der Waals surface area contributed by atoms with Gasteiger partial charge >= 0.3 is 0 Å². The van der Waals surface area contributed by atoms with Gasteiger partial charge in [0, 0.05) is 24.2 Å². The van der Waals surface area contributed by atoms with Gasteiger partial charge in [-0.25, -0.2) is 4.98 Å². The fourth-order valence-electron chi connectivity index (χ4n) is 1.14. The van der Waals surface area contributed by atoms with Gasteiger partial charge in [0.05, 0.1) is 0 Å². The van der Waals surface area contributed by atoms with E-state index in [1.54, 1.807) is 0 Å². The second kappa shape index (κ2) is 3.18. The van der Waals surface area contributed by atoms with E-state index in [-0.39, 0.29) is 5.28 Å². The van der Waals surface area contributed by atoms with Crippen LogP contribution >= 0.6 is 11.6 Å². The van der Waals surface area contributed by atoms with Crippen molar-refractivity contribution < 1.29 is 0 Å². The molecular formula is C9H8ClN3. The number of aromatic nitrogens is 3. The van der Waals surface area contributed by atoms with Crippen molar-refractivity contribution in [2.24, 2.45) is 0 Å². The van der Waals surface area contributed by atoms with E-state index < -0.39 is 0 Å². The topological polar surface area (TPSA) is 30.7 Å². The van der Waals surface area contributed by atoms with Gasteiger partial charge in [0.2, 0.25) is 5.28 Å². The van der Waals surface area contributed by atoms with Crippen molar-refractivity contribution in [3.05, 3.63) is 41.6 Å². The lowest BCUT2D eigenvalue weighted by molar-refractivity contribution is 0.966. The van der Waals surface area contributed by atoms with Gasteiger partial charge in [0.25, 0.3) is 0 Å². The standard InChI is InChI=1S/C9H8ClN3/c1-7-6-8(12-9(10)11-7)13-4-2-3-5-13/h2-6H,1H3. The predicted octanol–water partition coefficient (Wildman–Crippen LogP) is 2.23. The summed E-state index contributed by atoms with van der Waals surface area (Å²) >= 11 is 5.73. The fourth-order valence-corrected chi connectivity index (χ4v) is 1.36. The number of halogens is 1. The van der Waals surface area contributed by atoms with Crippen LogP contribution in [0.4, 0.5) is 0 Å². The summed E-state index contributed by atoms with van der Waals surface area (Å²) < 4.78 is 1.89. The number of nitrogens with zero attached hydrogens (tertiary/aromatic N) is 3. The molecule has 3 nitrogen and oxygen atoms in total. The molecule has 4 heteroatoms. The second-order valence-electron chi connectivity index (χ2n) is 2.73. The van der Waals surface area contributed by atoms with Gasteiger partial charge in [0.1, 0.15) is 5.82 Å². The van der Waals surface area contributed by atoms with Gasteiger partial charge in [0.15, 0.2) is 0 Å². The summed E-state index contributed by atoms with van der Waals surface area (Å²) in [6, 6.07) is 5.75. The molecule has 2 aromatic heterocycles. The molecule has 0 bridgehead atoms. The zero-order chi connectivity index (χ0) is 9.26. The Labute approximate surface area is 81.0 Å². The van der Waals surface area contributed by atoms with Gasteiger partial charge in [-0.3, -0.25) is 0 Å². The molecule has 0 radical (unpaired) electrons. The third-order valence-corrected chi connectivity index (χ3v) is 1.85. The third-order valence-electron chi connectivity index (χ3n) is 1.68. The van der Waals surface area contributed by atoms with E-state index >= 15 is 0 Å². The molecule has 0 spiro atoms. The first kappa shape index (κ1) is 8.26. The second-order valence-corrected chi connectivity index (χ2v) is 3.06. The molecule has 13 heavy (non-hydrogen) atoms. The van der Waals surface area contributed by atoms with E-state index in [1.807, 2.05) is 42.1 Å². The highest BCUT2D eigenvalue weighted by molar-refractivity contribution is 6.28. The minimum Gasteiger partial charge on any atom is -0.309 e. The van der Waals surface area contributed by atoms with Gasteiger partial charge in [-0.05, 0) is 30.7 Å². The van der Waals surface area contributed by atoms with E-state index in [0.29, 0.717) is 0 Å². The average Bonchev–Trinajstić information content (AvgIpc) is 2.53. The van der Waals surface area contributed by atoms with Crippen molar-refractivity contribution in [1.82, 2.24) is 14.5 Å². The molecule has 0 aromatic carbocycles. The molecule has 0 aliphatic carbocycles.